The Balaban J connectivity index is 1.24. The lowest BCUT2D eigenvalue weighted by atomic mass is 10.1. The molecule has 19 heteroatoms. The molecule has 16 nitrogen and oxygen atoms in total. The molecule has 0 saturated carbocycles. The minimum Gasteiger partial charge on any atom is -0.493 e. The highest BCUT2D eigenvalue weighted by Crippen LogP contribution is 2.49. The van der Waals surface area contributed by atoms with Crippen LogP contribution in [0.2, 0.25) is 0 Å². The van der Waals surface area contributed by atoms with Crippen LogP contribution < -0.4 is 48.9 Å². The van der Waals surface area contributed by atoms with Crippen LogP contribution in [0.25, 0.3) is 21.5 Å². The number of aliphatic imine (C=N–C) groups is 4. The predicted molar refractivity (Wildman–Crippen MR) is 354 cm³/mol. The molecule has 4 aliphatic rings. The molecule has 0 spiro atoms. The first kappa shape index (κ1) is 63.5. The molecule has 4 aliphatic heterocycles. The Hall–Kier alpha value is -6.56. The van der Waals surface area contributed by atoms with E-state index in [1.165, 1.54) is 77.0 Å². The molecule has 0 saturated heterocycles. The molecule has 6 aromatic rings. The van der Waals surface area contributed by atoms with E-state index in [2.05, 4.69) is 27.7 Å². The van der Waals surface area contributed by atoms with Crippen molar-refractivity contribution in [3.05, 3.63) is 81.8 Å². The van der Waals surface area contributed by atoms with Crippen molar-refractivity contribution in [2.75, 3.05) is 54.9 Å². The Morgan fingerprint density at radius 2 is 0.575 bits per heavy atom. The Morgan fingerprint density at radius 1 is 0.310 bits per heavy atom. The Morgan fingerprint density at radius 3 is 0.920 bits per heavy atom. The van der Waals surface area contributed by atoms with Crippen LogP contribution in [-0.2, 0) is 0 Å². The topological polar surface area (TPSA) is 158 Å². The van der Waals surface area contributed by atoms with Gasteiger partial charge in [0.05, 0.1) is 54.9 Å². The number of hydrogen-bond acceptors (Lipinski definition) is 14. The predicted octanol–water partition coefficient (Wildman–Crippen LogP) is 16.8. The Kier molecular flexibility index (Phi) is 21.9. The summed E-state index contributed by atoms with van der Waals surface area (Å²) in [6, 6.07) is 15.6. The van der Waals surface area contributed by atoms with Gasteiger partial charge in [-0.25, -0.2) is 30.0 Å². The van der Waals surface area contributed by atoms with Crippen molar-refractivity contribution in [2.24, 2.45) is 30.0 Å². The summed E-state index contributed by atoms with van der Waals surface area (Å²) in [5.74, 6) is 6.56. The molecule has 0 aliphatic carbocycles. The number of methoxy groups -OCH3 is 4. The first-order valence-corrected chi connectivity index (χ1v) is 36.2. The van der Waals surface area contributed by atoms with Crippen molar-refractivity contribution in [1.29, 1.82) is 0 Å². The first-order chi connectivity index (χ1) is 42.6. The SMILES string of the molecule is CCCCCCCCOc1cc2c(cc1OC)C1=Nc3c4cc(OCCCCCCCC)c(OC)cc4c4n3[Si](Cl)(Cl)n3c(c5cc(OC)c(OCCCCCCCC)cc5c3=NC3=NC(=N4)c4cc(OCCCCCCCC)c(OC)cc43)=NC2=N1. The van der Waals surface area contributed by atoms with Crippen molar-refractivity contribution in [3.8, 4) is 46.0 Å². The van der Waals surface area contributed by atoms with Gasteiger partial charge in [-0.15, -0.1) is 0 Å². The smallest absolute Gasteiger partial charge is 0.483 e. The number of unbranched alkanes of at least 4 members (excludes halogenated alkanes) is 20. The number of benzene rings is 4. The number of amidine groups is 4. The molecule has 2 aromatic heterocycles. The largest absolute Gasteiger partial charge is 0.493 e. The Bertz CT molecular complexity index is 3680. The maximum Gasteiger partial charge on any atom is 0.483 e. The van der Waals surface area contributed by atoms with Gasteiger partial charge in [-0.3, -0.25) is 8.47 Å². The summed E-state index contributed by atoms with van der Waals surface area (Å²) in [6.07, 6.45) is 26.9. The minimum atomic E-state index is -4.42. The molecule has 0 amide bonds. The molecule has 0 radical (unpaired) electrons. The lowest BCUT2D eigenvalue weighted by Crippen LogP contribution is -2.51. The zero-order valence-electron chi connectivity index (χ0n) is 52.5. The molecule has 10 rings (SSSR count). The highest BCUT2D eigenvalue weighted by Gasteiger charge is 2.46. The maximum atomic E-state index is 8.47. The van der Waals surface area contributed by atoms with Gasteiger partial charge >= 0.3 is 7.02 Å². The standard InChI is InChI=1S/C68H88Cl2N8O8Si/c1-9-13-17-21-25-29-33-83-57-39-47-45(37-53(57)79-5)61-71-63(47)75-65-49-41-55(81-7)59(85-35-31-27-23-19-15-11-3)43-51(49)68-74-62-46-38-54(80-6)58(84-34-30-26-22-18-14-10-2)40-48(46)64(72-62)76-66-50-42-56(82-8)60(86-36-32-28-24-20-16-12-4)44-52(50)67(73-61)78(66)87(69,70)77(65)68/h37-44H,9-36H2,1-8H3. The summed E-state index contributed by atoms with van der Waals surface area (Å²) in [5, 5.41) is 2.58. The molecule has 0 unspecified atom stereocenters. The lowest BCUT2D eigenvalue weighted by molar-refractivity contribution is 0.284. The van der Waals surface area contributed by atoms with E-state index in [4.69, 9.17) is 90.0 Å². The lowest BCUT2D eigenvalue weighted by Gasteiger charge is -2.24. The number of ether oxygens (including phenoxy) is 8. The van der Waals surface area contributed by atoms with Gasteiger partial charge in [-0.05, 0) is 74.2 Å². The summed E-state index contributed by atoms with van der Waals surface area (Å²) in [5.41, 5.74) is 3.50. The average molecular weight is 1240 g/mol. The molecule has 0 atom stereocenters. The molecule has 4 aromatic carbocycles. The second-order valence-electron chi connectivity index (χ2n) is 23.1. The van der Waals surface area contributed by atoms with Crippen LogP contribution in [0.3, 0.4) is 0 Å². The third-order valence-electron chi connectivity index (χ3n) is 16.8. The number of hydrogen-bond donors (Lipinski definition) is 0. The number of rotatable bonds is 36. The van der Waals surface area contributed by atoms with Gasteiger partial charge in [0, 0.05) is 43.8 Å². The van der Waals surface area contributed by atoms with Gasteiger partial charge in [-0.1, -0.05) is 178 Å². The molecular weight excluding hydrogens is 1160 g/mol. The summed E-state index contributed by atoms with van der Waals surface area (Å²) < 4.78 is 54.8. The van der Waals surface area contributed by atoms with E-state index in [9.17, 15) is 0 Å². The van der Waals surface area contributed by atoms with Crippen molar-refractivity contribution in [2.45, 2.75) is 182 Å². The highest BCUT2D eigenvalue weighted by atomic mass is 35.7. The quantitative estimate of drug-likeness (QED) is 0.0214. The van der Waals surface area contributed by atoms with E-state index in [1.54, 1.807) is 28.4 Å². The minimum absolute atomic E-state index is 0.364. The summed E-state index contributed by atoms with van der Waals surface area (Å²) in [4.78, 5) is 32.9. The third kappa shape index (κ3) is 13.9. The number of aromatic nitrogens is 2. The molecular formula is C68H88Cl2N8O8Si. The van der Waals surface area contributed by atoms with Crippen LogP contribution in [0.15, 0.2) is 78.5 Å². The zero-order valence-corrected chi connectivity index (χ0v) is 55.0. The molecule has 466 valence electrons. The van der Waals surface area contributed by atoms with E-state index in [0.29, 0.717) is 162 Å². The van der Waals surface area contributed by atoms with Crippen LogP contribution in [0.1, 0.15) is 204 Å². The summed E-state index contributed by atoms with van der Waals surface area (Å²) in [7, 11) is 2.17. The zero-order chi connectivity index (χ0) is 60.9. The first-order valence-electron chi connectivity index (χ1n) is 32.3. The molecule has 0 N–H and O–H groups in total. The van der Waals surface area contributed by atoms with Gasteiger partial charge in [0.25, 0.3) is 0 Å². The highest BCUT2D eigenvalue weighted by molar-refractivity contribution is 7.44. The van der Waals surface area contributed by atoms with Crippen molar-refractivity contribution in [3.63, 3.8) is 0 Å². The maximum absolute atomic E-state index is 8.47. The third-order valence-corrected chi connectivity index (χ3v) is 20.8. The van der Waals surface area contributed by atoms with E-state index < -0.39 is 7.02 Å². The van der Waals surface area contributed by atoms with Crippen LogP contribution >= 0.6 is 22.2 Å². The van der Waals surface area contributed by atoms with Gasteiger partial charge < -0.3 is 37.9 Å². The van der Waals surface area contributed by atoms with Crippen LogP contribution in [0.4, 0.5) is 11.6 Å². The summed E-state index contributed by atoms with van der Waals surface area (Å²) in [6.45, 7) is 10.9. The van der Waals surface area contributed by atoms with Crippen LogP contribution in [0.5, 0.6) is 46.0 Å². The van der Waals surface area contributed by atoms with E-state index in [-0.39, 0.29) is 0 Å². The van der Waals surface area contributed by atoms with Gasteiger partial charge in [0.2, 0.25) is 0 Å². The van der Waals surface area contributed by atoms with Gasteiger partial charge in [0.1, 0.15) is 22.6 Å². The van der Waals surface area contributed by atoms with Crippen LogP contribution in [-0.4, -0.2) is 93.7 Å². The number of nitrogens with zero attached hydrogens (tertiary/aromatic N) is 8. The molecule has 0 fully saturated rings. The van der Waals surface area contributed by atoms with E-state index in [1.807, 2.05) is 57.0 Å². The normalized spacial score (nSPS) is 14.1. The molecule has 6 heterocycles. The fraction of sp³-hybridized carbons (Fsp3) is 0.529. The van der Waals surface area contributed by atoms with Gasteiger partial charge in [-0.2, -0.15) is 0 Å². The average Bonchev–Trinajstić information content (AvgIpc) is 2.33. The fourth-order valence-electron chi connectivity index (χ4n) is 12.0. The van der Waals surface area contributed by atoms with Gasteiger partial charge in [0.15, 0.2) is 69.3 Å². The number of fused-ring (bicyclic) bond motifs is 14. The van der Waals surface area contributed by atoms with Crippen LogP contribution in [0, 0.1) is 0 Å². The van der Waals surface area contributed by atoms with E-state index in [0.717, 1.165) is 77.0 Å². The second kappa shape index (κ2) is 30.1. The van der Waals surface area contributed by atoms with Crippen molar-refractivity contribution in [1.82, 2.24) is 8.47 Å². The summed E-state index contributed by atoms with van der Waals surface area (Å²) >= 11 is 16.9. The monoisotopic (exact) mass is 1240 g/mol. The molecule has 6 bridgehead atoms. The fourth-order valence-corrected chi connectivity index (χ4v) is 15.8. The van der Waals surface area contributed by atoms with Crippen molar-refractivity contribution >= 4 is 85.7 Å². The Labute approximate surface area is 523 Å². The van der Waals surface area contributed by atoms with E-state index >= 15 is 0 Å². The second-order valence-corrected chi connectivity index (χ2v) is 28.8. The number of halogens is 2. The molecule has 87 heavy (non-hydrogen) atoms. The van der Waals surface area contributed by atoms with Crippen molar-refractivity contribution < 1.29 is 37.9 Å².